The van der Waals surface area contributed by atoms with Crippen molar-refractivity contribution in [3.8, 4) is 5.75 Å². The van der Waals surface area contributed by atoms with E-state index in [-0.39, 0.29) is 17.9 Å². The Hall–Kier alpha value is -1.55. The molecule has 1 aliphatic rings. The maximum absolute atomic E-state index is 12.2. The first-order valence-electron chi connectivity index (χ1n) is 7.19. The Morgan fingerprint density at radius 3 is 2.90 bits per heavy atom. The van der Waals surface area contributed by atoms with E-state index in [1.165, 1.54) is 0 Å². The van der Waals surface area contributed by atoms with Gasteiger partial charge in [0.15, 0.2) is 0 Å². The Balaban J connectivity index is 1.87. The monoisotopic (exact) mass is 277 g/mol. The van der Waals surface area contributed by atoms with Crippen LogP contribution in [0.1, 0.15) is 25.3 Å². The predicted octanol–water partition coefficient (Wildman–Crippen LogP) is 1.86. The summed E-state index contributed by atoms with van der Waals surface area (Å²) in [4.78, 5) is 14.1. The molecule has 0 spiro atoms. The van der Waals surface area contributed by atoms with Gasteiger partial charge in [-0.05, 0) is 31.4 Å². The fourth-order valence-electron chi connectivity index (χ4n) is 2.72. The SMILES string of the molecule is COc1ccccc1CCC(=O)N1CCC(C(C)O)C1. The predicted molar refractivity (Wildman–Crippen MR) is 77.7 cm³/mol. The summed E-state index contributed by atoms with van der Waals surface area (Å²) in [5.41, 5.74) is 1.06. The average molecular weight is 277 g/mol. The van der Waals surface area contributed by atoms with Gasteiger partial charge in [0.25, 0.3) is 0 Å². The lowest BCUT2D eigenvalue weighted by Gasteiger charge is -2.18. The van der Waals surface area contributed by atoms with Crippen molar-refractivity contribution in [2.45, 2.75) is 32.3 Å². The third-order valence-electron chi connectivity index (χ3n) is 4.06. The van der Waals surface area contributed by atoms with Crippen molar-refractivity contribution >= 4 is 5.91 Å². The van der Waals surface area contributed by atoms with Gasteiger partial charge in [0.05, 0.1) is 13.2 Å². The third-order valence-corrected chi connectivity index (χ3v) is 4.06. The molecular formula is C16H23NO3. The van der Waals surface area contributed by atoms with E-state index in [2.05, 4.69) is 0 Å². The van der Waals surface area contributed by atoms with Crippen LogP contribution in [0, 0.1) is 5.92 Å². The van der Waals surface area contributed by atoms with Gasteiger partial charge in [-0.1, -0.05) is 18.2 Å². The lowest BCUT2D eigenvalue weighted by atomic mass is 10.0. The number of aliphatic hydroxyl groups is 1. The highest BCUT2D eigenvalue weighted by molar-refractivity contribution is 5.76. The number of nitrogens with zero attached hydrogens (tertiary/aromatic N) is 1. The third kappa shape index (κ3) is 3.51. The Kier molecular flexibility index (Phi) is 5.01. The molecule has 20 heavy (non-hydrogen) atoms. The summed E-state index contributed by atoms with van der Waals surface area (Å²) in [6.07, 6.45) is 1.76. The molecule has 1 heterocycles. The summed E-state index contributed by atoms with van der Waals surface area (Å²) in [7, 11) is 1.65. The van der Waals surface area contributed by atoms with Crippen molar-refractivity contribution < 1.29 is 14.6 Å². The molecule has 1 amide bonds. The van der Waals surface area contributed by atoms with Crippen LogP contribution >= 0.6 is 0 Å². The zero-order chi connectivity index (χ0) is 14.5. The van der Waals surface area contributed by atoms with Crippen LogP contribution in [0.2, 0.25) is 0 Å². The van der Waals surface area contributed by atoms with Crippen molar-refractivity contribution in [3.05, 3.63) is 29.8 Å². The largest absolute Gasteiger partial charge is 0.496 e. The van der Waals surface area contributed by atoms with Crippen LogP contribution in [0.5, 0.6) is 5.75 Å². The number of carbonyl (C=O) groups excluding carboxylic acids is 1. The van der Waals surface area contributed by atoms with E-state index in [0.717, 1.165) is 24.3 Å². The van der Waals surface area contributed by atoms with E-state index in [9.17, 15) is 9.90 Å². The number of methoxy groups -OCH3 is 1. The molecule has 1 N–H and O–H groups in total. The first kappa shape index (κ1) is 14.9. The first-order chi connectivity index (χ1) is 9.61. The molecule has 2 rings (SSSR count). The summed E-state index contributed by atoms with van der Waals surface area (Å²) in [5.74, 6) is 1.23. The number of hydrogen-bond acceptors (Lipinski definition) is 3. The minimum Gasteiger partial charge on any atom is -0.496 e. The number of aryl methyl sites for hydroxylation is 1. The van der Waals surface area contributed by atoms with Gasteiger partial charge in [-0.3, -0.25) is 4.79 Å². The Morgan fingerprint density at radius 2 is 2.25 bits per heavy atom. The second-order valence-corrected chi connectivity index (χ2v) is 5.44. The molecule has 4 nitrogen and oxygen atoms in total. The zero-order valence-corrected chi connectivity index (χ0v) is 12.2. The number of benzene rings is 1. The van der Waals surface area contributed by atoms with E-state index in [1.54, 1.807) is 14.0 Å². The fraction of sp³-hybridized carbons (Fsp3) is 0.562. The molecule has 4 heteroatoms. The van der Waals surface area contributed by atoms with Crippen LogP contribution in [0.4, 0.5) is 0 Å². The van der Waals surface area contributed by atoms with E-state index >= 15 is 0 Å². The number of para-hydroxylation sites is 1. The van der Waals surface area contributed by atoms with Crippen LogP contribution < -0.4 is 4.74 Å². The molecule has 1 fully saturated rings. The minimum atomic E-state index is -0.331. The fourth-order valence-corrected chi connectivity index (χ4v) is 2.72. The summed E-state index contributed by atoms with van der Waals surface area (Å²) in [6, 6.07) is 7.80. The van der Waals surface area contributed by atoms with Crippen LogP contribution in [-0.2, 0) is 11.2 Å². The summed E-state index contributed by atoms with van der Waals surface area (Å²) in [6.45, 7) is 3.25. The van der Waals surface area contributed by atoms with E-state index in [1.807, 2.05) is 29.2 Å². The molecule has 0 aromatic heterocycles. The molecule has 1 aliphatic heterocycles. The van der Waals surface area contributed by atoms with Gasteiger partial charge in [0.2, 0.25) is 5.91 Å². The summed E-state index contributed by atoms with van der Waals surface area (Å²) in [5, 5.41) is 9.57. The molecule has 2 atom stereocenters. The lowest BCUT2D eigenvalue weighted by Crippen LogP contribution is -2.30. The molecule has 1 aromatic rings. The summed E-state index contributed by atoms with van der Waals surface area (Å²) >= 11 is 0. The number of carbonyl (C=O) groups is 1. The van der Waals surface area contributed by atoms with Gasteiger partial charge < -0.3 is 14.7 Å². The molecule has 1 saturated heterocycles. The molecule has 110 valence electrons. The Bertz CT molecular complexity index is 459. The second-order valence-electron chi connectivity index (χ2n) is 5.44. The van der Waals surface area contributed by atoms with Crippen LogP contribution in [-0.4, -0.2) is 42.2 Å². The highest BCUT2D eigenvalue weighted by Gasteiger charge is 2.28. The van der Waals surface area contributed by atoms with Gasteiger partial charge >= 0.3 is 0 Å². The van der Waals surface area contributed by atoms with Gasteiger partial charge in [0, 0.05) is 25.4 Å². The Morgan fingerprint density at radius 1 is 1.50 bits per heavy atom. The second kappa shape index (κ2) is 6.75. The van der Waals surface area contributed by atoms with Crippen LogP contribution in [0.15, 0.2) is 24.3 Å². The van der Waals surface area contributed by atoms with Crippen molar-refractivity contribution in [2.75, 3.05) is 20.2 Å². The van der Waals surface area contributed by atoms with E-state index in [4.69, 9.17) is 4.74 Å². The average Bonchev–Trinajstić information content (AvgIpc) is 2.95. The van der Waals surface area contributed by atoms with Gasteiger partial charge in [-0.25, -0.2) is 0 Å². The van der Waals surface area contributed by atoms with Gasteiger partial charge in [0.1, 0.15) is 5.75 Å². The smallest absolute Gasteiger partial charge is 0.222 e. The van der Waals surface area contributed by atoms with E-state index < -0.39 is 0 Å². The number of likely N-dealkylation sites (tertiary alicyclic amines) is 1. The summed E-state index contributed by atoms with van der Waals surface area (Å²) < 4.78 is 5.29. The highest BCUT2D eigenvalue weighted by atomic mass is 16.5. The molecule has 0 bridgehead atoms. The minimum absolute atomic E-state index is 0.166. The molecule has 0 radical (unpaired) electrons. The number of ether oxygens (including phenoxy) is 1. The molecule has 0 aliphatic carbocycles. The van der Waals surface area contributed by atoms with Gasteiger partial charge in [-0.15, -0.1) is 0 Å². The topological polar surface area (TPSA) is 49.8 Å². The van der Waals surface area contributed by atoms with Crippen molar-refractivity contribution in [1.29, 1.82) is 0 Å². The maximum atomic E-state index is 12.2. The quantitative estimate of drug-likeness (QED) is 0.893. The number of aliphatic hydroxyl groups excluding tert-OH is 1. The normalized spacial score (nSPS) is 19.9. The standard InChI is InChI=1S/C16H23NO3/c1-12(18)14-9-10-17(11-14)16(19)8-7-13-5-3-4-6-15(13)20-2/h3-6,12,14,18H,7-11H2,1-2H3. The number of hydrogen-bond donors (Lipinski definition) is 1. The van der Waals surface area contributed by atoms with Crippen molar-refractivity contribution in [3.63, 3.8) is 0 Å². The van der Waals surface area contributed by atoms with Gasteiger partial charge in [-0.2, -0.15) is 0 Å². The Labute approximate surface area is 120 Å². The van der Waals surface area contributed by atoms with Crippen molar-refractivity contribution in [2.24, 2.45) is 5.92 Å². The number of amides is 1. The van der Waals surface area contributed by atoms with Crippen LogP contribution in [0.3, 0.4) is 0 Å². The molecule has 0 saturated carbocycles. The number of rotatable bonds is 5. The van der Waals surface area contributed by atoms with E-state index in [0.29, 0.717) is 19.4 Å². The maximum Gasteiger partial charge on any atom is 0.222 e. The lowest BCUT2D eigenvalue weighted by molar-refractivity contribution is -0.130. The van der Waals surface area contributed by atoms with Crippen molar-refractivity contribution in [1.82, 2.24) is 4.90 Å². The zero-order valence-electron chi connectivity index (χ0n) is 12.2. The molecule has 2 unspecified atom stereocenters. The van der Waals surface area contributed by atoms with Crippen LogP contribution in [0.25, 0.3) is 0 Å². The first-order valence-corrected chi connectivity index (χ1v) is 7.19. The molecule has 1 aromatic carbocycles. The molecular weight excluding hydrogens is 254 g/mol. The highest BCUT2D eigenvalue weighted by Crippen LogP contribution is 2.22.